The van der Waals surface area contributed by atoms with Gasteiger partial charge in [-0.3, -0.25) is 0 Å². The molecule has 3 rings (SSSR count). The van der Waals surface area contributed by atoms with Gasteiger partial charge < -0.3 is 10.2 Å². The van der Waals surface area contributed by atoms with Crippen LogP contribution in [0.25, 0.3) is 22.0 Å². The first-order chi connectivity index (χ1) is 10.5. The molecule has 5 heteroatoms. The summed E-state index contributed by atoms with van der Waals surface area (Å²) >= 11 is 0. The Balaban J connectivity index is 2.54. The minimum atomic E-state index is -1.31. The predicted molar refractivity (Wildman–Crippen MR) is 82.5 cm³/mol. The van der Waals surface area contributed by atoms with Crippen LogP contribution in [-0.4, -0.2) is 26.8 Å². The van der Waals surface area contributed by atoms with Crippen LogP contribution in [0.4, 0.5) is 4.79 Å². The van der Waals surface area contributed by atoms with Gasteiger partial charge in [-0.05, 0) is 24.1 Å². The van der Waals surface area contributed by atoms with Crippen molar-refractivity contribution in [3.05, 3.63) is 59.8 Å². The standard InChI is InChI=1S/C17H13NO4/c1-10-6-2-3-7-11(10)14-12-8-4-5-9-13(12)18(17(21)22)15(14)16(19)20/h2-9H,1H3,(H,19,20)(H,21,22). The zero-order valence-corrected chi connectivity index (χ0v) is 11.8. The van der Waals surface area contributed by atoms with E-state index in [2.05, 4.69) is 0 Å². The highest BCUT2D eigenvalue weighted by atomic mass is 16.4. The fraction of sp³-hybridized carbons (Fsp3) is 0.0588. The monoisotopic (exact) mass is 295 g/mol. The Morgan fingerprint density at radius 1 is 0.955 bits per heavy atom. The first-order valence-corrected chi connectivity index (χ1v) is 6.68. The second-order valence-electron chi connectivity index (χ2n) is 4.98. The fourth-order valence-corrected chi connectivity index (χ4v) is 2.77. The minimum Gasteiger partial charge on any atom is -0.477 e. The summed E-state index contributed by atoms with van der Waals surface area (Å²) in [6.45, 7) is 1.87. The molecule has 0 aliphatic rings. The van der Waals surface area contributed by atoms with Gasteiger partial charge in [0.05, 0.1) is 5.52 Å². The van der Waals surface area contributed by atoms with Crippen molar-refractivity contribution < 1.29 is 19.8 Å². The van der Waals surface area contributed by atoms with E-state index < -0.39 is 12.1 Å². The first-order valence-electron chi connectivity index (χ1n) is 6.68. The number of hydrogen-bond acceptors (Lipinski definition) is 2. The fourth-order valence-electron chi connectivity index (χ4n) is 2.77. The van der Waals surface area contributed by atoms with Crippen molar-refractivity contribution in [2.75, 3.05) is 0 Å². The van der Waals surface area contributed by atoms with E-state index in [-0.39, 0.29) is 5.69 Å². The highest BCUT2D eigenvalue weighted by molar-refractivity contribution is 6.11. The third-order valence-electron chi connectivity index (χ3n) is 3.68. The number of para-hydroxylation sites is 1. The van der Waals surface area contributed by atoms with Gasteiger partial charge in [0.15, 0.2) is 0 Å². The largest absolute Gasteiger partial charge is 0.477 e. The molecule has 1 aromatic heterocycles. The molecule has 0 radical (unpaired) electrons. The minimum absolute atomic E-state index is 0.233. The molecule has 110 valence electrons. The van der Waals surface area contributed by atoms with Crippen molar-refractivity contribution in [1.29, 1.82) is 0 Å². The highest BCUT2D eigenvalue weighted by Gasteiger charge is 2.26. The van der Waals surface area contributed by atoms with Crippen molar-refractivity contribution in [3.63, 3.8) is 0 Å². The van der Waals surface area contributed by atoms with Gasteiger partial charge in [0, 0.05) is 10.9 Å². The Bertz CT molecular complexity index is 908. The first kappa shape index (κ1) is 13.9. The van der Waals surface area contributed by atoms with E-state index >= 15 is 0 Å². The lowest BCUT2D eigenvalue weighted by molar-refractivity contribution is 0.0685. The third-order valence-corrected chi connectivity index (χ3v) is 3.68. The van der Waals surface area contributed by atoms with Gasteiger partial charge in [0.25, 0.3) is 0 Å². The Kier molecular flexibility index (Phi) is 3.18. The van der Waals surface area contributed by atoms with E-state index in [1.807, 2.05) is 19.1 Å². The zero-order valence-electron chi connectivity index (χ0n) is 11.8. The molecule has 0 saturated heterocycles. The summed E-state index contributed by atoms with van der Waals surface area (Å²) in [7, 11) is 0. The molecule has 0 saturated carbocycles. The summed E-state index contributed by atoms with van der Waals surface area (Å²) in [4.78, 5) is 23.3. The maximum atomic E-state index is 11.7. The van der Waals surface area contributed by atoms with Crippen LogP contribution in [0.1, 0.15) is 16.1 Å². The number of fused-ring (bicyclic) bond motifs is 1. The average molecular weight is 295 g/mol. The molecule has 0 amide bonds. The number of aromatic carboxylic acids is 1. The summed E-state index contributed by atoms with van der Waals surface area (Å²) in [5.74, 6) is -1.27. The molecule has 2 N–H and O–H groups in total. The number of rotatable bonds is 2. The Morgan fingerprint density at radius 2 is 1.59 bits per heavy atom. The molecule has 0 aliphatic heterocycles. The van der Waals surface area contributed by atoms with Gasteiger partial charge in [-0.2, -0.15) is 0 Å². The second kappa shape index (κ2) is 5.04. The summed E-state index contributed by atoms with van der Waals surface area (Å²) in [6.07, 6.45) is -1.31. The predicted octanol–water partition coefficient (Wildman–Crippen LogP) is 3.84. The Morgan fingerprint density at radius 3 is 2.23 bits per heavy atom. The molecule has 2 aromatic carbocycles. The van der Waals surface area contributed by atoms with Crippen molar-refractivity contribution in [3.8, 4) is 11.1 Å². The number of hydrogen-bond donors (Lipinski definition) is 2. The van der Waals surface area contributed by atoms with Crippen LogP contribution >= 0.6 is 0 Å². The van der Waals surface area contributed by atoms with Crippen LogP contribution in [-0.2, 0) is 0 Å². The third kappa shape index (κ3) is 1.95. The molecule has 0 aliphatic carbocycles. The molecular weight excluding hydrogens is 282 g/mol. The van der Waals surface area contributed by atoms with E-state index in [0.717, 1.165) is 15.7 Å². The van der Waals surface area contributed by atoms with Crippen LogP contribution in [0.15, 0.2) is 48.5 Å². The molecule has 0 bridgehead atoms. The molecule has 1 heterocycles. The van der Waals surface area contributed by atoms with Gasteiger partial charge in [-0.25, -0.2) is 14.2 Å². The Labute approximate surface area is 126 Å². The van der Waals surface area contributed by atoms with Gasteiger partial charge >= 0.3 is 12.1 Å². The summed E-state index contributed by atoms with van der Waals surface area (Å²) in [5, 5.41) is 19.6. The number of carbonyl (C=O) groups is 2. The van der Waals surface area contributed by atoms with E-state index in [1.165, 1.54) is 0 Å². The number of benzene rings is 2. The molecule has 5 nitrogen and oxygen atoms in total. The lowest BCUT2D eigenvalue weighted by Gasteiger charge is -2.07. The number of carboxylic acids is 1. The molecular formula is C17H13NO4. The normalized spacial score (nSPS) is 10.8. The van der Waals surface area contributed by atoms with Gasteiger partial charge in [0.2, 0.25) is 0 Å². The SMILES string of the molecule is Cc1ccccc1-c1c(C(=O)O)n(C(=O)O)c2ccccc12. The highest BCUT2D eigenvalue weighted by Crippen LogP contribution is 2.36. The van der Waals surface area contributed by atoms with Crippen LogP contribution in [0.2, 0.25) is 0 Å². The molecule has 0 atom stereocenters. The second-order valence-corrected chi connectivity index (χ2v) is 4.98. The quantitative estimate of drug-likeness (QED) is 0.752. The molecule has 3 aromatic rings. The average Bonchev–Trinajstić information content (AvgIpc) is 2.83. The number of carboxylic acid groups (broad SMARTS) is 2. The number of aromatic nitrogens is 1. The lowest BCUT2D eigenvalue weighted by atomic mass is 9.97. The van der Waals surface area contributed by atoms with Crippen molar-refractivity contribution >= 4 is 23.0 Å². The maximum absolute atomic E-state index is 11.7. The van der Waals surface area contributed by atoms with Crippen LogP contribution in [0.3, 0.4) is 0 Å². The van der Waals surface area contributed by atoms with Gasteiger partial charge in [-0.1, -0.05) is 42.5 Å². The molecule has 0 unspecified atom stereocenters. The summed E-state index contributed by atoms with van der Waals surface area (Å²) in [5.41, 5.74) is 2.17. The van der Waals surface area contributed by atoms with E-state index in [9.17, 15) is 19.8 Å². The maximum Gasteiger partial charge on any atom is 0.416 e. The zero-order chi connectivity index (χ0) is 15.9. The topological polar surface area (TPSA) is 79.5 Å². The van der Waals surface area contributed by atoms with Crippen molar-refractivity contribution in [2.45, 2.75) is 6.92 Å². The smallest absolute Gasteiger partial charge is 0.416 e. The number of aryl methyl sites for hydroxylation is 1. The summed E-state index contributed by atoms with van der Waals surface area (Å²) in [6, 6.07) is 14.1. The lowest BCUT2D eigenvalue weighted by Crippen LogP contribution is -2.15. The molecule has 0 fully saturated rings. The molecule has 0 spiro atoms. The van der Waals surface area contributed by atoms with Gasteiger partial charge in [-0.15, -0.1) is 0 Å². The van der Waals surface area contributed by atoms with E-state index in [1.54, 1.807) is 36.4 Å². The summed E-state index contributed by atoms with van der Waals surface area (Å²) < 4.78 is 0.833. The molecule has 22 heavy (non-hydrogen) atoms. The van der Waals surface area contributed by atoms with Crippen LogP contribution in [0.5, 0.6) is 0 Å². The number of nitrogens with zero attached hydrogens (tertiary/aromatic N) is 1. The Hall–Kier alpha value is -3.08. The van der Waals surface area contributed by atoms with E-state index in [0.29, 0.717) is 16.5 Å². The van der Waals surface area contributed by atoms with Crippen LogP contribution < -0.4 is 0 Å². The van der Waals surface area contributed by atoms with Crippen LogP contribution in [0, 0.1) is 6.92 Å². The van der Waals surface area contributed by atoms with Gasteiger partial charge in [0.1, 0.15) is 5.69 Å². The van der Waals surface area contributed by atoms with Crippen molar-refractivity contribution in [1.82, 2.24) is 4.57 Å². The van der Waals surface area contributed by atoms with E-state index in [4.69, 9.17) is 0 Å². The van der Waals surface area contributed by atoms with Crippen molar-refractivity contribution in [2.24, 2.45) is 0 Å².